The van der Waals surface area contributed by atoms with Crippen molar-refractivity contribution >= 4 is 0 Å². The zero-order valence-electron chi connectivity index (χ0n) is 9.33. The van der Waals surface area contributed by atoms with Gasteiger partial charge < -0.3 is 4.98 Å². The molecule has 17 heavy (non-hydrogen) atoms. The Kier molecular flexibility index (Phi) is 2.22. The highest BCUT2D eigenvalue weighted by Crippen LogP contribution is 2.29. The number of nitrogens with one attached hydrogen (secondary N) is 1. The maximum Gasteiger partial charge on any atom is 0.102 e. The van der Waals surface area contributed by atoms with E-state index in [-0.39, 0.29) is 0 Å². The van der Waals surface area contributed by atoms with Gasteiger partial charge in [-0.2, -0.15) is 15.3 Å². The summed E-state index contributed by atoms with van der Waals surface area (Å²) in [5, 5.41) is 12.1. The molecule has 84 valence electrons. The van der Waals surface area contributed by atoms with Gasteiger partial charge >= 0.3 is 0 Å². The first-order chi connectivity index (χ1) is 8.34. The molecule has 0 fully saturated rings. The van der Waals surface area contributed by atoms with Gasteiger partial charge in [0.1, 0.15) is 5.69 Å². The van der Waals surface area contributed by atoms with Crippen LogP contribution >= 0.6 is 0 Å². The molecule has 0 amide bonds. The molecule has 3 aromatic heterocycles. The lowest BCUT2D eigenvalue weighted by molar-refractivity contribution is 0.770. The van der Waals surface area contributed by atoms with Crippen molar-refractivity contribution in [2.24, 2.45) is 7.05 Å². The summed E-state index contributed by atoms with van der Waals surface area (Å²) in [5.41, 5.74) is 4.09. The predicted molar refractivity (Wildman–Crippen MR) is 64.0 cm³/mol. The average molecular weight is 225 g/mol. The van der Waals surface area contributed by atoms with Crippen LogP contribution in [0.2, 0.25) is 0 Å². The van der Waals surface area contributed by atoms with Gasteiger partial charge in [-0.3, -0.25) is 4.68 Å². The normalized spacial score (nSPS) is 10.6. The number of aromatic nitrogens is 5. The molecule has 0 aliphatic carbocycles. The van der Waals surface area contributed by atoms with Crippen molar-refractivity contribution in [3.8, 4) is 22.4 Å². The molecular formula is C12H11N5. The van der Waals surface area contributed by atoms with Crippen molar-refractivity contribution in [3.05, 3.63) is 43.1 Å². The smallest absolute Gasteiger partial charge is 0.102 e. The van der Waals surface area contributed by atoms with E-state index in [1.54, 1.807) is 17.1 Å². The minimum Gasteiger partial charge on any atom is -0.367 e. The second-order valence-electron chi connectivity index (χ2n) is 3.80. The van der Waals surface area contributed by atoms with Gasteiger partial charge in [0.15, 0.2) is 0 Å². The van der Waals surface area contributed by atoms with E-state index in [4.69, 9.17) is 0 Å². The molecule has 5 heteroatoms. The number of rotatable bonds is 2. The summed E-state index contributed by atoms with van der Waals surface area (Å²) >= 11 is 0. The van der Waals surface area contributed by atoms with Gasteiger partial charge in [0.25, 0.3) is 0 Å². The van der Waals surface area contributed by atoms with Crippen LogP contribution in [0.4, 0.5) is 0 Å². The Morgan fingerprint density at radius 3 is 2.82 bits per heavy atom. The summed E-state index contributed by atoms with van der Waals surface area (Å²) in [5.74, 6) is 0. The van der Waals surface area contributed by atoms with Crippen molar-refractivity contribution in [3.63, 3.8) is 0 Å². The van der Waals surface area contributed by atoms with E-state index in [9.17, 15) is 0 Å². The van der Waals surface area contributed by atoms with Gasteiger partial charge in [-0.1, -0.05) is 0 Å². The van der Waals surface area contributed by atoms with Crippen LogP contribution < -0.4 is 0 Å². The topological polar surface area (TPSA) is 59.4 Å². The number of aryl methyl sites for hydroxylation is 1. The number of aromatic amines is 1. The van der Waals surface area contributed by atoms with Crippen LogP contribution in [0.25, 0.3) is 22.4 Å². The highest BCUT2D eigenvalue weighted by atomic mass is 15.3. The Balaban J connectivity index is 2.18. The van der Waals surface area contributed by atoms with Crippen LogP contribution in [-0.4, -0.2) is 25.0 Å². The quantitative estimate of drug-likeness (QED) is 0.724. The van der Waals surface area contributed by atoms with Crippen LogP contribution in [0.1, 0.15) is 0 Å². The zero-order valence-corrected chi connectivity index (χ0v) is 9.33. The maximum absolute atomic E-state index is 4.47. The summed E-state index contributed by atoms with van der Waals surface area (Å²) in [6, 6.07) is 3.93. The Bertz CT molecular complexity index is 610. The molecule has 3 aromatic rings. The van der Waals surface area contributed by atoms with E-state index in [0.717, 1.165) is 22.4 Å². The molecule has 0 aliphatic rings. The number of hydrogen-bond donors (Lipinski definition) is 1. The molecule has 1 N–H and O–H groups in total. The molecule has 0 spiro atoms. The summed E-state index contributed by atoms with van der Waals surface area (Å²) in [7, 11) is 1.91. The lowest BCUT2D eigenvalue weighted by atomic mass is 10.1. The lowest BCUT2D eigenvalue weighted by Gasteiger charge is -1.98. The SMILES string of the molecule is Cn1cc(-c2cc[nH]c2)c(-c2ccnnc2)n1. The summed E-state index contributed by atoms with van der Waals surface area (Å²) < 4.78 is 1.80. The van der Waals surface area contributed by atoms with E-state index in [1.165, 1.54) is 0 Å². The summed E-state index contributed by atoms with van der Waals surface area (Å²) in [6.45, 7) is 0. The monoisotopic (exact) mass is 225 g/mol. The molecule has 3 rings (SSSR count). The fourth-order valence-corrected chi connectivity index (χ4v) is 1.84. The minimum absolute atomic E-state index is 0.919. The highest BCUT2D eigenvalue weighted by Gasteiger charge is 2.12. The molecule has 0 bridgehead atoms. The van der Waals surface area contributed by atoms with Crippen LogP contribution in [0.5, 0.6) is 0 Å². The molecule has 0 radical (unpaired) electrons. The van der Waals surface area contributed by atoms with Crippen molar-refractivity contribution in [2.75, 3.05) is 0 Å². The number of H-pyrrole nitrogens is 1. The van der Waals surface area contributed by atoms with Gasteiger partial charge in [0, 0.05) is 42.3 Å². The molecule has 0 aliphatic heterocycles. The Morgan fingerprint density at radius 1 is 1.18 bits per heavy atom. The third kappa shape index (κ3) is 1.71. The van der Waals surface area contributed by atoms with Crippen molar-refractivity contribution < 1.29 is 0 Å². The lowest BCUT2D eigenvalue weighted by Crippen LogP contribution is -1.88. The standard InChI is InChI=1S/C12H11N5/c1-17-8-11(9-2-4-13-6-9)12(16-17)10-3-5-14-15-7-10/h2-8,13H,1H3. The molecule has 5 nitrogen and oxygen atoms in total. The molecule has 0 saturated heterocycles. The van der Waals surface area contributed by atoms with Gasteiger partial charge in [-0.15, -0.1) is 0 Å². The predicted octanol–water partition coefficient (Wildman–Crippen LogP) is 1.87. The van der Waals surface area contributed by atoms with Gasteiger partial charge in [-0.25, -0.2) is 0 Å². The molecule has 0 saturated carbocycles. The fourth-order valence-electron chi connectivity index (χ4n) is 1.84. The third-order valence-corrected chi connectivity index (χ3v) is 2.60. The van der Waals surface area contributed by atoms with Crippen molar-refractivity contribution in [1.29, 1.82) is 0 Å². The zero-order chi connectivity index (χ0) is 11.7. The first-order valence-electron chi connectivity index (χ1n) is 5.28. The largest absolute Gasteiger partial charge is 0.367 e. The molecule has 0 atom stereocenters. The summed E-state index contributed by atoms with van der Waals surface area (Å²) in [4.78, 5) is 3.05. The van der Waals surface area contributed by atoms with E-state index in [2.05, 4.69) is 20.3 Å². The molecular weight excluding hydrogens is 214 g/mol. The molecule has 0 aromatic carbocycles. The van der Waals surface area contributed by atoms with Crippen LogP contribution in [0.3, 0.4) is 0 Å². The first-order valence-corrected chi connectivity index (χ1v) is 5.28. The third-order valence-electron chi connectivity index (χ3n) is 2.60. The number of hydrogen-bond acceptors (Lipinski definition) is 3. The van der Waals surface area contributed by atoms with Crippen LogP contribution in [0.15, 0.2) is 43.1 Å². The maximum atomic E-state index is 4.47. The minimum atomic E-state index is 0.919. The fraction of sp³-hybridized carbons (Fsp3) is 0.0833. The highest BCUT2D eigenvalue weighted by molar-refractivity contribution is 5.79. The Labute approximate surface area is 98.1 Å². The van der Waals surface area contributed by atoms with Gasteiger partial charge in [-0.05, 0) is 12.1 Å². The van der Waals surface area contributed by atoms with Gasteiger partial charge in [0.05, 0.1) is 12.4 Å². The molecule has 0 unspecified atom stereocenters. The Hall–Kier alpha value is -2.43. The van der Waals surface area contributed by atoms with Crippen molar-refractivity contribution in [1.82, 2.24) is 25.0 Å². The summed E-state index contributed by atoms with van der Waals surface area (Å²) in [6.07, 6.45) is 9.24. The first kappa shape index (κ1) is 9.77. The average Bonchev–Trinajstić information content (AvgIpc) is 2.98. The van der Waals surface area contributed by atoms with Gasteiger partial charge in [0.2, 0.25) is 0 Å². The van der Waals surface area contributed by atoms with Crippen LogP contribution in [-0.2, 0) is 7.05 Å². The van der Waals surface area contributed by atoms with E-state index < -0.39 is 0 Å². The second kappa shape index (κ2) is 3.86. The van der Waals surface area contributed by atoms with E-state index >= 15 is 0 Å². The molecule has 3 heterocycles. The van der Waals surface area contributed by atoms with E-state index in [0.29, 0.717) is 0 Å². The second-order valence-corrected chi connectivity index (χ2v) is 3.80. The van der Waals surface area contributed by atoms with E-state index in [1.807, 2.05) is 37.8 Å². The Morgan fingerprint density at radius 2 is 2.12 bits per heavy atom. The van der Waals surface area contributed by atoms with Crippen LogP contribution in [0, 0.1) is 0 Å². The number of nitrogens with zero attached hydrogens (tertiary/aromatic N) is 4. The van der Waals surface area contributed by atoms with Crippen molar-refractivity contribution in [2.45, 2.75) is 0 Å².